The first-order valence-electron chi connectivity index (χ1n) is 4.99. The summed E-state index contributed by atoms with van der Waals surface area (Å²) in [6.45, 7) is 9.25. The first kappa shape index (κ1) is 16.6. The van der Waals surface area contributed by atoms with Crippen LogP contribution in [0.1, 0.15) is 27.2 Å². The lowest BCUT2D eigenvalue weighted by Gasteiger charge is -2.04. The van der Waals surface area contributed by atoms with Crippen molar-refractivity contribution >= 4 is 11.8 Å². The highest BCUT2D eigenvalue weighted by Gasteiger charge is 2.03. The van der Waals surface area contributed by atoms with Gasteiger partial charge in [-0.3, -0.25) is 9.59 Å². The molecule has 0 atom stereocenters. The third-order valence-electron chi connectivity index (χ3n) is 1.67. The normalized spacial score (nSPS) is 10.4. The molecule has 0 unspecified atom stereocenters. The Kier molecular flexibility index (Phi) is 10.2. The summed E-state index contributed by atoms with van der Waals surface area (Å²) in [6.07, 6.45) is 2.00. The highest BCUT2D eigenvalue weighted by Crippen LogP contribution is 1.95. The number of primary amides is 1. The molecule has 0 spiro atoms. The molecule has 0 saturated heterocycles. The number of hydrogen-bond acceptors (Lipinski definition) is 3. The van der Waals surface area contributed by atoms with Crippen LogP contribution >= 0.6 is 0 Å². The van der Waals surface area contributed by atoms with E-state index in [0.717, 1.165) is 12.5 Å². The second kappa shape index (κ2) is 9.76. The first-order valence-corrected chi connectivity index (χ1v) is 4.99. The Hall–Kier alpha value is -1.78. The molecule has 0 heterocycles. The smallest absolute Gasteiger partial charge is 0.248 e. The van der Waals surface area contributed by atoms with Gasteiger partial charge in [0.1, 0.15) is 0 Å². The molecule has 16 heavy (non-hydrogen) atoms. The molecule has 5 nitrogen and oxygen atoms in total. The lowest BCUT2D eigenvalue weighted by molar-refractivity contribution is -0.117. The van der Waals surface area contributed by atoms with E-state index in [-0.39, 0.29) is 5.91 Å². The minimum absolute atomic E-state index is 0.0631. The molecular weight excluding hydrogens is 206 g/mol. The van der Waals surface area contributed by atoms with Crippen LogP contribution in [0.2, 0.25) is 0 Å². The standard InChI is InChI=1S/C8H16N2O.C3H5NO/c1-4-5-10-8(11)6(2)7(3)9;1-2-3(4)5/h4-5,9H2,1-3H3,(H,10,11);2H,1H2,(H2,4,5)/b7-6-;. The molecule has 0 fully saturated rings. The maximum atomic E-state index is 11.1. The summed E-state index contributed by atoms with van der Waals surface area (Å²) in [5.41, 5.74) is 11.2. The van der Waals surface area contributed by atoms with Crippen LogP contribution in [0.5, 0.6) is 0 Å². The lowest BCUT2D eigenvalue weighted by atomic mass is 10.2. The molecule has 0 aliphatic carbocycles. The number of rotatable bonds is 4. The molecule has 0 saturated carbocycles. The maximum Gasteiger partial charge on any atom is 0.248 e. The molecule has 2 amide bonds. The fourth-order valence-electron chi connectivity index (χ4n) is 0.550. The second-order valence-corrected chi connectivity index (χ2v) is 3.17. The number of carbonyl (C=O) groups is 2. The van der Waals surface area contributed by atoms with E-state index in [2.05, 4.69) is 17.6 Å². The Morgan fingerprint density at radius 2 is 1.75 bits per heavy atom. The average Bonchev–Trinajstić information content (AvgIpc) is 2.25. The van der Waals surface area contributed by atoms with Crippen molar-refractivity contribution in [1.29, 1.82) is 0 Å². The summed E-state index contributed by atoms with van der Waals surface area (Å²) in [6, 6.07) is 0. The number of allylic oxidation sites excluding steroid dienone is 1. The molecule has 5 N–H and O–H groups in total. The number of carbonyl (C=O) groups excluding carboxylic acids is 2. The molecule has 5 heteroatoms. The minimum Gasteiger partial charge on any atom is -0.402 e. The minimum atomic E-state index is -0.481. The van der Waals surface area contributed by atoms with Crippen molar-refractivity contribution in [3.63, 3.8) is 0 Å². The van der Waals surface area contributed by atoms with Crippen LogP contribution in [0.25, 0.3) is 0 Å². The summed E-state index contributed by atoms with van der Waals surface area (Å²) in [5.74, 6) is -0.545. The fourth-order valence-corrected chi connectivity index (χ4v) is 0.550. The van der Waals surface area contributed by atoms with E-state index < -0.39 is 5.91 Å². The van der Waals surface area contributed by atoms with Crippen LogP contribution in [0, 0.1) is 0 Å². The van der Waals surface area contributed by atoms with Crippen LogP contribution in [-0.4, -0.2) is 18.4 Å². The van der Waals surface area contributed by atoms with E-state index >= 15 is 0 Å². The molecule has 0 radical (unpaired) electrons. The van der Waals surface area contributed by atoms with Gasteiger partial charge in [-0.25, -0.2) is 0 Å². The zero-order chi connectivity index (χ0) is 13.1. The van der Waals surface area contributed by atoms with Gasteiger partial charge in [-0.05, 0) is 26.3 Å². The van der Waals surface area contributed by atoms with E-state index in [1.54, 1.807) is 13.8 Å². The van der Waals surface area contributed by atoms with Crippen molar-refractivity contribution < 1.29 is 9.59 Å². The van der Waals surface area contributed by atoms with Gasteiger partial charge >= 0.3 is 0 Å². The Morgan fingerprint density at radius 3 is 2.00 bits per heavy atom. The predicted octanol–water partition coefficient (Wildman–Crippen LogP) is 0.423. The summed E-state index contributed by atoms with van der Waals surface area (Å²) >= 11 is 0. The van der Waals surface area contributed by atoms with Crippen molar-refractivity contribution in [3.05, 3.63) is 23.9 Å². The topological polar surface area (TPSA) is 98.2 Å². The SMILES string of the molecule is C=CC(N)=O.CCCNC(=O)/C(C)=C(/C)N. The molecule has 0 bridgehead atoms. The number of nitrogens with two attached hydrogens (primary N) is 2. The van der Waals surface area contributed by atoms with Gasteiger partial charge in [0.05, 0.1) is 0 Å². The van der Waals surface area contributed by atoms with Crippen LogP contribution in [-0.2, 0) is 9.59 Å². The van der Waals surface area contributed by atoms with Crippen LogP contribution in [0.15, 0.2) is 23.9 Å². The Labute approximate surface area is 96.6 Å². The Bertz CT molecular complexity index is 279. The molecular formula is C11H21N3O2. The second-order valence-electron chi connectivity index (χ2n) is 3.17. The van der Waals surface area contributed by atoms with Gasteiger partial charge in [0, 0.05) is 17.8 Å². The summed E-state index contributed by atoms with van der Waals surface area (Å²) in [5, 5.41) is 2.74. The van der Waals surface area contributed by atoms with E-state index in [4.69, 9.17) is 5.73 Å². The van der Waals surface area contributed by atoms with E-state index in [9.17, 15) is 9.59 Å². The zero-order valence-corrected chi connectivity index (χ0v) is 10.2. The van der Waals surface area contributed by atoms with E-state index in [0.29, 0.717) is 17.8 Å². The van der Waals surface area contributed by atoms with Gasteiger partial charge in [0.2, 0.25) is 11.8 Å². The first-order chi connectivity index (χ1) is 7.36. The largest absolute Gasteiger partial charge is 0.402 e. The zero-order valence-electron chi connectivity index (χ0n) is 10.2. The third kappa shape index (κ3) is 10.3. The van der Waals surface area contributed by atoms with Crippen molar-refractivity contribution in [1.82, 2.24) is 5.32 Å². The Balaban J connectivity index is 0. The van der Waals surface area contributed by atoms with E-state index in [1.807, 2.05) is 6.92 Å². The van der Waals surface area contributed by atoms with E-state index in [1.165, 1.54) is 0 Å². The summed E-state index contributed by atoms with van der Waals surface area (Å²) in [7, 11) is 0. The Morgan fingerprint density at radius 1 is 1.31 bits per heavy atom. The fraction of sp³-hybridized carbons (Fsp3) is 0.455. The van der Waals surface area contributed by atoms with Crippen molar-refractivity contribution in [2.75, 3.05) is 6.54 Å². The van der Waals surface area contributed by atoms with Gasteiger partial charge < -0.3 is 16.8 Å². The van der Waals surface area contributed by atoms with Crippen molar-refractivity contribution in [2.24, 2.45) is 11.5 Å². The van der Waals surface area contributed by atoms with Gasteiger partial charge in [0.25, 0.3) is 0 Å². The molecule has 92 valence electrons. The quantitative estimate of drug-likeness (QED) is 0.607. The van der Waals surface area contributed by atoms with Crippen LogP contribution < -0.4 is 16.8 Å². The van der Waals surface area contributed by atoms with Crippen molar-refractivity contribution in [3.8, 4) is 0 Å². The molecule has 0 rings (SSSR count). The van der Waals surface area contributed by atoms with Gasteiger partial charge in [-0.15, -0.1) is 0 Å². The predicted molar refractivity (Wildman–Crippen MR) is 65.3 cm³/mol. The highest BCUT2D eigenvalue weighted by molar-refractivity contribution is 5.93. The number of amides is 2. The van der Waals surface area contributed by atoms with Gasteiger partial charge in [0.15, 0.2) is 0 Å². The number of nitrogens with one attached hydrogen (secondary N) is 1. The third-order valence-corrected chi connectivity index (χ3v) is 1.67. The van der Waals surface area contributed by atoms with Crippen LogP contribution in [0.4, 0.5) is 0 Å². The maximum absolute atomic E-state index is 11.1. The number of hydrogen-bond donors (Lipinski definition) is 3. The lowest BCUT2D eigenvalue weighted by Crippen LogP contribution is -2.26. The summed E-state index contributed by atoms with van der Waals surface area (Å²) < 4.78 is 0. The molecule has 0 aliphatic heterocycles. The molecule has 0 aliphatic rings. The average molecular weight is 227 g/mol. The molecule has 0 aromatic carbocycles. The molecule has 0 aromatic rings. The van der Waals surface area contributed by atoms with Crippen molar-refractivity contribution in [2.45, 2.75) is 27.2 Å². The van der Waals surface area contributed by atoms with Crippen LogP contribution in [0.3, 0.4) is 0 Å². The monoisotopic (exact) mass is 227 g/mol. The van der Waals surface area contributed by atoms with Gasteiger partial charge in [-0.1, -0.05) is 13.5 Å². The van der Waals surface area contributed by atoms with Gasteiger partial charge in [-0.2, -0.15) is 0 Å². The summed E-state index contributed by atoms with van der Waals surface area (Å²) in [4.78, 5) is 20.6. The molecule has 0 aromatic heterocycles. The highest BCUT2D eigenvalue weighted by atomic mass is 16.2.